The first-order valence-electron chi connectivity index (χ1n) is 9.69. The van der Waals surface area contributed by atoms with Gasteiger partial charge in [-0.1, -0.05) is 63.9 Å². The van der Waals surface area contributed by atoms with Gasteiger partial charge in [0.1, 0.15) is 12.2 Å². The lowest BCUT2D eigenvalue weighted by atomic mass is 10.0. The Morgan fingerprint density at radius 1 is 1.00 bits per heavy atom. The second-order valence-corrected chi connectivity index (χ2v) is 6.85. The maximum absolute atomic E-state index is 11.5. The molecule has 1 N–H and O–H groups in total. The van der Waals surface area contributed by atoms with Crippen LogP contribution in [0.2, 0.25) is 0 Å². The van der Waals surface area contributed by atoms with Crippen molar-refractivity contribution in [3.63, 3.8) is 0 Å². The maximum atomic E-state index is 11.5. The van der Waals surface area contributed by atoms with E-state index in [1.807, 2.05) is 6.08 Å². The summed E-state index contributed by atoms with van der Waals surface area (Å²) in [6, 6.07) is 0. The van der Waals surface area contributed by atoms with Crippen LogP contribution in [0.15, 0.2) is 11.6 Å². The van der Waals surface area contributed by atoms with Gasteiger partial charge in [-0.25, -0.2) is 4.79 Å². The normalized spacial score (nSPS) is 21.9. The molecule has 0 spiro atoms. The van der Waals surface area contributed by atoms with Gasteiger partial charge in [0, 0.05) is 6.42 Å². The molecule has 1 fully saturated rings. The van der Waals surface area contributed by atoms with Crippen LogP contribution in [0.1, 0.15) is 90.4 Å². The molecule has 1 aliphatic rings. The summed E-state index contributed by atoms with van der Waals surface area (Å²) in [5, 5.41) is 9.81. The summed E-state index contributed by atoms with van der Waals surface area (Å²) in [5.74, 6) is 2.34. The van der Waals surface area contributed by atoms with Gasteiger partial charge in [-0.15, -0.1) is 12.3 Å². The van der Waals surface area contributed by atoms with Crippen molar-refractivity contribution in [2.45, 2.75) is 103 Å². The zero-order valence-corrected chi connectivity index (χ0v) is 15.3. The van der Waals surface area contributed by atoms with Crippen LogP contribution >= 0.6 is 0 Å². The summed E-state index contributed by atoms with van der Waals surface area (Å²) in [6.07, 6.45) is 21.7. The SMILES string of the molecule is C#CCCCCCCCCCCCCC/C=C1/C(=O)O[C@@H](C)[C@H]1O. The molecule has 0 amide bonds. The summed E-state index contributed by atoms with van der Waals surface area (Å²) in [6.45, 7) is 1.72. The molecule has 24 heavy (non-hydrogen) atoms. The first-order chi connectivity index (χ1) is 11.7. The van der Waals surface area contributed by atoms with Crippen molar-refractivity contribution < 1.29 is 14.6 Å². The average molecular weight is 334 g/mol. The number of carbonyl (C=O) groups excluding carboxylic acids is 1. The summed E-state index contributed by atoms with van der Waals surface area (Å²) in [5.41, 5.74) is 0.449. The van der Waals surface area contributed by atoms with E-state index >= 15 is 0 Å². The number of ether oxygens (including phenoxy) is 1. The van der Waals surface area contributed by atoms with E-state index < -0.39 is 12.2 Å². The number of aliphatic hydroxyl groups excluding tert-OH is 1. The van der Waals surface area contributed by atoms with Gasteiger partial charge in [0.2, 0.25) is 0 Å². The standard InChI is InChI=1S/C21H34O3/c1-3-4-5-6-7-8-9-10-11-12-13-14-15-16-17-19-20(22)18(2)24-21(19)23/h1,17-18,20,22H,4-16H2,2H3/b19-17+/t18-,20+/m0/s1. The van der Waals surface area contributed by atoms with Crippen molar-refractivity contribution in [2.24, 2.45) is 0 Å². The molecule has 0 aliphatic carbocycles. The van der Waals surface area contributed by atoms with Gasteiger partial charge < -0.3 is 9.84 Å². The van der Waals surface area contributed by atoms with Crippen molar-refractivity contribution in [1.82, 2.24) is 0 Å². The number of aliphatic hydroxyl groups is 1. The Kier molecular flexibility index (Phi) is 11.3. The monoisotopic (exact) mass is 334 g/mol. The van der Waals surface area contributed by atoms with Gasteiger partial charge in [0.05, 0.1) is 5.57 Å². The summed E-state index contributed by atoms with van der Waals surface area (Å²) >= 11 is 0. The van der Waals surface area contributed by atoms with E-state index in [-0.39, 0.29) is 5.97 Å². The van der Waals surface area contributed by atoms with E-state index in [0.717, 1.165) is 19.3 Å². The highest BCUT2D eigenvalue weighted by molar-refractivity contribution is 5.92. The summed E-state index contributed by atoms with van der Waals surface area (Å²) in [7, 11) is 0. The lowest BCUT2D eigenvalue weighted by Gasteiger charge is -2.05. The average Bonchev–Trinajstić information content (AvgIpc) is 2.81. The first-order valence-corrected chi connectivity index (χ1v) is 9.69. The Morgan fingerprint density at radius 3 is 1.96 bits per heavy atom. The zero-order valence-electron chi connectivity index (χ0n) is 15.3. The van der Waals surface area contributed by atoms with Crippen LogP contribution < -0.4 is 0 Å². The molecule has 0 aromatic heterocycles. The summed E-state index contributed by atoms with van der Waals surface area (Å²) < 4.78 is 4.99. The number of allylic oxidation sites excluding steroid dienone is 1. The minimum atomic E-state index is -0.746. The van der Waals surface area contributed by atoms with Crippen molar-refractivity contribution in [2.75, 3.05) is 0 Å². The van der Waals surface area contributed by atoms with Gasteiger partial charge in [-0.2, -0.15) is 0 Å². The van der Waals surface area contributed by atoms with Crippen LogP contribution in [0.3, 0.4) is 0 Å². The van der Waals surface area contributed by atoms with E-state index in [1.54, 1.807) is 6.92 Å². The molecule has 0 saturated carbocycles. The molecule has 0 aromatic rings. The molecule has 0 unspecified atom stereocenters. The number of hydrogen-bond donors (Lipinski definition) is 1. The smallest absolute Gasteiger partial charge is 0.336 e. The quantitative estimate of drug-likeness (QED) is 0.225. The van der Waals surface area contributed by atoms with Crippen molar-refractivity contribution in [3.8, 4) is 12.3 Å². The van der Waals surface area contributed by atoms with Crippen molar-refractivity contribution in [1.29, 1.82) is 0 Å². The second kappa shape index (κ2) is 13.1. The number of unbranched alkanes of at least 4 members (excludes halogenated alkanes) is 12. The first kappa shape index (κ1) is 20.8. The zero-order chi connectivity index (χ0) is 17.6. The van der Waals surface area contributed by atoms with E-state index in [1.165, 1.54) is 64.2 Å². The number of esters is 1. The van der Waals surface area contributed by atoms with E-state index in [9.17, 15) is 9.90 Å². The molecule has 3 heteroatoms. The van der Waals surface area contributed by atoms with Crippen LogP contribution in [0.25, 0.3) is 0 Å². The molecule has 136 valence electrons. The molecule has 1 saturated heterocycles. The minimum absolute atomic E-state index is 0.353. The van der Waals surface area contributed by atoms with Crippen LogP contribution in [-0.2, 0) is 9.53 Å². The highest BCUT2D eigenvalue weighted by Crippen LogP contribution is 2.22. The number of cyclic esters (lactones) is 1. The molecular weight excluding hydrogens is 300 g/mol. The second-order valence-electron chi connectivity index (χ2n) is 6.85. The number of hydrogen-bond acceptors (Lipinski definition) is 3. The topological polar surface area (TPSA) is 46.5 Å². The number of terminal acetylenes is 1. The van der Waals surface area contributed by atoms with E-state index in [4.69, 9.17) is 11.2 Å². The van der Waals surface area contributed by atoms with Gasteiger partial charge in [0.15, 0.2) is 0 Å². The van der Waals surface area contributed by atoms with Gasteiger partial charge in [0.25, 0.3) is 0 Å². The fourth-order valence-electron chi connectivity index (χ4n) is 3.10. The molecule has 3 nitrogen and oxygen atoms in total. The fourth-order valence-corrected chi connectivity index (χ4v) is 3.10. The third-order valence-corrected chi connectivity index (χ3v) is 4.68. The third-order valence-electron chi connectivity index (χ3n) is 4.68. The van der Waals surface area contributed by atoms with Crippen LogP contribution in [0, 0.1) is 12.3 Å². The molecule has 0 aromatic carbocycles. The molecule has 1 heterocycles. The van der Waals surface area contributed by atoms with Gasteiger partial charge in [-0.3, -0.25) is 0 Å². The van der Waals surface area contributed by atoms with Crippen molar-refractivity contribution in [3.05, 3.63) is 11.6 Å². The van der Waals surface area contributed by atoms with Crippen molar-refractivity contribution >= 4 is 5.97 Å². The lowest BCUT2D eigenvalue weighted by molar-refractivity contribution is -0.138. The lowest BCUT2D eigenvalue weighted by Crippen LogP contribution is -2.17. The number of rotatable bonds is 13. The van der Waals surface area contributed by atoms with Crippen LogP contribution in [0.5, 0.6) is 0 Å². The molecule has 1 aliphatic heterocycles. The number of carbonyl (C=O) groups is 1. The van der Waals surface area contributed by atoms with Crippen LogP contribution in [0.4, 0.5) is 0 Å². The predicted molar refractivity (Wildman–Crippen MR) is 98.5 cm³/mol. The largest absolute Gasteiger partial charge is 0.456 e. The Morgan fingerprint density at radius 2 is 1.50 bits per heavy atom. The van der Waals surface area contributed by atoms with E-state index in [2.05, 4.69) is 5.92 Å². The third kappa shape index (κ3) is 8.55. The molecule has 1 rings (SSSR count). The Balaban J connectivity index is 1.88. The molecular formula is C21H34O3. The fraction of sp³-hybridized carbons (Fsp3) is 0.762. The Labute approximate surface area is 147 Å². The predicted octanol–water partition coefficient (Wildman–Crippen LogP) is 4.92. The van der Waals surface area contributed by atoms with Crippen LogP contribution in [-0.4, -0.2) is 23.3 Å². The van der Waals surface area contributed by atoms with Gasteiger partial charge in [-0.05, 0) is 26.2 Å². The molecule has 2 atom stereocenters. The molecule has 0 bridgehead atoms. The van der Waals surface area contributed by atoms with E-state index in [0.29, 0.717) is 5.57 Å². The highest BCUT2D eigenvalue weighted by Gasteiger charge is 2.34. The maximum Gasteiger partial charge on any atom is 0.336 e. The van der Waals surface area contributed by atoms with Gasteiger partial charge >= 0.3 is 5.97 Å². The molecule has 0 radical (unpaired) electrons. The minimum Gasteiger partial charge on any atom is -0.456 e. The highest BCUT2D eigenvalue weighted by atomic mass is 16.6. The Hall–Kier alpha value is -1.27. The summed E-state index contributed by atoms with van der Waals surface area (Å²) in [4.78, 5) is 11.5. The Bertz CT molecular complexity index is 419.